The van der Waals surface area contributed by atoms with Crippen molar-refractivity contribution in [3.63, 3.8) is 0 Å². The molecule has 2 saturated heterocycles. The van der Waals surface area contributed by atoms with E-state index < -0.39 is 10.0 Å². The lowest BCUT2D eigenvalue weighted by atomic mass is 9.65. The van der Waals surface area contributed by atoms with Gasteiger partial charge in [-0.1, -0.05) is 32.9 Å². The van der Waals surface area contributed by atoms with Crippen LogP contribution in [0.15, 0.2) is 53.4 Å². The predicted molar refractivity (Wildman–Crippen MR) is 137 cm³/mol. The van der Waals surface area contributed by atoms with Crippen molar-refractivity contribution in [2.75, 3.05) is 43.1 Å². The second kappa shape index (κ2) is 8.91. The summed E-state index contributed by atoms with van der Waals surface area (Å²) in [4.78, 5) is 15.5. The molecule has 3 fully saturated rings. The first-order chi connectivity index (χ1) is 16.6. The molecule has 2 aliphatic heterocycles. The van der Waals surface area contributed by atoms with Crippen LogP contribution in [0.1, 0.15) is 50.4 Å². The topological polar surface area (TPSA) is 79.0 Å². The number of rotatable bonds is 5. The van der Waals surface area contributed by atoms with E-state index in [0.717, 1.165) is 43.7 Å². The minimum Gasteiger partial charge on any atom is -0.378 e. The molecular formula is C27H35N3O4S. The average molecular weight is 498 g/mol. The number of sulfonamides is 1. The summed E-state index contributed by atoms with van der Waals surface area (Å²) in [6.07, 6.45) is 2.83. The van der Waals surface area contributed by atoms with Crippen molar-refractivity contribution in [1.29, 1.82) is 0 Å². The zero-order chi connectivity index (χ0) is 24.8. The molecule has 0 aromatic heterocycles. The largest absolute Gasteiger partial charge is 0.378 e. The Balaban J connectivity index is 1.32. The van der Waals surface area contributed by atoms with E-state index in [-0.39, 0.29) is 27.7 Å². The van der Waals surface area contributed by atoms with Gasteiger partial charge in [0.1, 0.15) is 0 Å². The molecule has 5 rings (SSSR count). The van der Waals surface area contributed by atoms with Crippen LogP contribution >= 0.6 is 0 Å². The van der Waals surface area contributed by atoms with Gasteiger partial charge >= 0.3 is 0 Å². The fourth-order valence-electron chi connectivity index (χ4n) is 6.46. The van der Waals surface area contributed by atoms with Crippen LogP contribution in [0, 0.1) is 10.8 Å². The van der Waals surface area contributed by atoms with Gasteiger partial charge in [0.2, 0.25) is 10.0 Å². The van der Waals surface area contributed by atoms with Gasteiger partial charge in [-0.3, -0.25) is 4.79 Å². The Bertz CT molecular complexity index is 1210. The first-order valence-electron chi connectivity index (χ1n) is 12.4. The Labute approximate surface area is 208 Å². The maximum atomic E-state index is 13.5. The minimum absolute atomic E-state index is 0.0210. The molecule has 7 nitrogen and oxygen atoms in total. The Morgan fingerprint density at radius 2 is 1.69 bits per heavy atom. The molecule has 1 aliphatic carbocycles. The van der Waals surface area contributed by atoms with Crippen LogP contribution in [0.3, 0.4) is 0 Å². The summed E-state index contributed by atoms with van der Waals surface area (Å²) >= 11 is 0. The summed E-state index contributed by atoms with van der Waals surface area (Å²) in [5.74, 6) is -0.263. The minimum atomic E-state index is -3.62. The molecule has 35 heavy (non-hydrogen) atoms. The first kappa shape index (κ1) is 24.3. The van der Waals surface area contributed by atoms with E-state index in [9.17, 15) is 13.2 Å². The number of nitrogens with zero attached hydrogens (tertiary/aromatic N) is 2. The number of anilines is 2. The van der Waals surface area contributed by atoms with Gasteiger partial charge in [-0.15, -0.1) is 0 Å². The lowest BCUT2D eigenvalue weighted by molar-refractivity contribution is 0.102. The van der Waals surface area contributed by atoms with Crippen LogP contribution in [0.2, 0.25) is 0 Å². The van der Waals surface area contributed by atoms with Crippen LogP contribution in [0.4, 0.5) is 11.4 Å². The van der Waals surface area contributed by atoms with Crippen molar-refractivity contribution in [3.05, 3.63) is 54.1 Å². The number of nitrogens with one attached hydrogen (secondary N) is 1. The van der Waals surface area contributed by atoms with Gasteiger partial charge in [0.05, 0.1) is 29.5 Å². The lowest BCUT2D eigenvalue weighted by Crippen LogP contribution is -2.37. The molecule has 188 valence electrons. The molecule has 3 aliphatic rings. The fourth-order valence-corrected chi connectivity index (χ4v) is 8.23. The van der Waals surface area contributed by atoms with Gasteiger partial charge in [-0.05, 0) is 66.5 Å². The van der Waals surface area contributed by atoms with Gasteiger partial charge in [-0.25, -0.2) is 8.42 Å². The molecule has 0 spiro atoms. The molecule has 2 heterocycles. The zero-order valence-electron chi connectivity index (χ0n) is 20.8. The smallest absolute Gasteiger partial charge is 0.255 e. The van der Waals surface area contributed by atoms with E-state index in [4.69, 9.17) is 4.74 Å². The van der Waals surface area contributed by atoms with Crippen molar-refractivity contribution in [1.82, 2.24) is 4.31 Å². The van der Waals surface area contributed by atoms with E-state index in [1.54, 1.807) is 28.6 Å². The summed E-state index contributed by atoms with van der Waals surface area (Å²) in [5, 5.41) is 3.00. The van der Waals surface area contributed by atoms with E-state index >= 15 is 0 Å². The number of carbonyl (C=O) groups is 1. The van der Waals surface area contributed by atoms with Crippen LogP contribution in [0.5, 0.6) is 0 Å². The highest BCUT2D eigenvalue weighted by Gasteiger charge is 2.53. The third-order valence-corrected chi connectivity index (χ3v) is 9.51. The fraction of sp³-hybridized carbons (Fsp3) is 0.519. The number of benzene rings is 2. The zero-order valence-corrected chi connectivity index (χ0v) is 21.6. The van der Waals surface area contributed by atoms with E-state index in [1.807, 2.05) is 24.3 Å². The third kappa shape index (κ3) is 4.84. The number of para-hydroxylation sites is 2. The second-order valence-electron chi connectivity index (χ2n) is 11.4. The average Bonchev–Trinajstić information content (AvgIpc) is 3.09. The number of carbonyl (C=O) groups excluding carboxylic acids is 1. The van der Waals surface area contributed by atoms with E-state index in [2.05, 4.69) is 31.0 Å². The Morgan fingerprint density at radius 1 is 1.00 bits per heavy atom. The molecule has 0 unspecified atom stereocenters. The maximum absolute atomic E-state index is 13.5. The molecule has 2 atom stereocenters. The van der Waals surface area contributed by atoms with Crippen LogP contribution in [-0.2, 0) is 14.8 Å². The van der Waals surface area contributed by atoms with Crippen LogP contribution in [0.25, 0.3) is 0 Å². The highest BCUT2D eigenvalue weighted by atomic mass is 32.2. The monoisotopic (exact) mass is 497 g/mol. The molecule has 1 N–H and O–H groups in total. The molecule has 8 heteroatoms. The number of ether oxygens (including phenoxy) is 1. The van der Waals surface area contributed by atoms with E-state index in [1.165, 1.54) is 0 Å². The van der Waals surface area contributed by atoms with Crippen LogP contribution < -0.4 is 10.2 Å². The number of morpholine rings is 1. The van der Waals surface area contributed by atoms with Crippen molar-refractivity contribution < 1.29 is 17.9 Å². The van der Waals surface area contributed by atoms with Crippen molar-refractivity contribution in [2.24, 2.45) is 10.8 Å². The van der Waals surface area contributed by atoms with E-state index in [0.29, 0.717) is 25.3 Å². The van der Waals surface area contributed by atoms with Gasteiger partial charge in [0.25, 0.3) is 5.91 Å². The Kier molecular flexibility index (Phi) is 6.18. The summed E-state index contributed by atoms with van der Waals surface area (Å²) in [6, 6.07) is 14.1. The van der Waals surface area contributed by atoms with Gasteiger partial charge in [0, 0.05) is 31.2 Å². The van der Waals surface area contributed by atoms with Crippen LogP contribution in [-0.4, -0.2) is 57.5 Å². The van der Waals surface area contributed by atoms with Gasteiger partial charge in [0.15, 0.2) is 0 Å². The maximum Gasteiger partial charge on any atom is 0.255 e. The Hall–Kier alpha value is -2.42. The number of hydrogen-bond donors (Lipinski definition) is 1. The standard InChI is InChI=1S/C27H35N3O4S/c1-26(2)16-21-17-27(3,18-26)19-30(21)35(32,33)22-10-8-20(9-11-22)25(31)28-23-6-4-5-7-24(23)29-12-14-34-15-13-29/h4-11,21H,12-19H2,1-3H3,(H,28,31)/t21-,27+/m0/s1. The molecule has 2 aromatic carbocycles. The Morgan fingerprint density at radius 3 is 2.40 bits per heavy atom. The molecular weight excluding hydrogens is 462 g/mol. The lowest BCUT2D eigenvalue weighted by Gasteiger charge is -2.39. The highest BCUT2D eigenvalue weighted by molar-refractivity contribution is 7.89. The highest BCUT2D eigenvalue weighted by Crippen LogP contribution is 2.53. The van der Waals surface area contributed by atoms with Crippen molar-refractivity contribution in [2.45, 2.75) is 51.0 Å². The predicted octanol–water partition coefficient (Wildman–Crippen LogP) is 4.36. The quantitative estimate of drug-likeness (QED) is 0.664. The first-order valence-corrected chi connectivity index (χ1v) is 13.9. The second-order valence-corrected chi connectivity index (χ2v) is 13.2. The summed E-state index contributed by atoms with van der Waals surface area (Å²) in [7, 11) is -3.62. The molecule has 1 amide bonds. The molecule has 2 bridgehead atoms. The van der Waals surface area contributed by atoms with Crippen molar-refractivity contribution >= 4 is 27.3 Å². The number of fused-ring (bicyclic) bond motifs is 2. The third-order valence-electron chi connectivity index (χ3n) is 7.59. The van der Waals surface area contributed by atoms with Gasteiger partial charge < -0.3 is 15.0 Å². The molecule has 0 radical (unpaired) electrons. The molecule has 2 aromatic rings. The summed E-state index contributed by atoms with van der Waals surface area (Å²) in [6.45, 7) is 10.1. The number of hydrogen-bond acceptors (Lipinski definition) is 5. The summed E-state index contributed by atoms with van der Waals surface area (Å²) in [5.41, 5.74) is 2.28. The van der Waals surface area contributed by atoms with Crippen molar-refractivity contribution in [3.8, 4) is 0 Å². The molecule has 1 saturated carbocycles. The van der Waals surface area contributed by atoms with Gasteiger partial charge in [-0.2, -0.15) is 4.31 Å². The number of amides is 1. The SMILES string of the molecule is CC1(C)C[C@H]2C[C@@](C)(CN2S(=O)(=O)c2ccc(C(=O)Nc3ccccc3N3CCOCC3)cc2)C1. The summed E-state index contributed by atoms with van der Waals surface area (Å²) < 4.78 is 34.2. The normalized spacial score (nSPS) is 26.5.